The number of ether oxygens (including phenoxy) is 1. The lowest BCUT2D eigenvalue weighted by Gasteiger charge is -2.15. The fraction of sp³-hybridized carbons (Fsp3) is 0.211. The highest BCUT2D eigenvalue weighted by molar-refractivity contribution is 6.32. The van der Waals surface area contributed by atoms with Crippen LogP contribution in [0.15, 0.2) is 48.5 Å². The van der Waals surface area contributed by atoms with E-state index >= 15 is 0 Å². The number of hydrogen-bond acceptors (Lipinski definition) is 4. The van der Waals surface area contributed by atoms with E-state index in [0.29, 0.717) is 21.9 Å². The van der Waals surface area contributed by atoms with Crippen LogP contribution in [0.3, 0.4) is 0 Å². The molecule has 0 aliphatic carbocycles. The van der Waals surface area contributed by atoms with Crippen molar-refractivity contribution in [1.82, 2.24) is 10.6 Å². The second-order valence-electron chi connectivity index (χ2n) is 5.68. The van der Waals surface area contributed by atoms with Crippen LogP contribution < -0.4 is 15.4 Å². The molecule has 2 aromatic carbocycles. The highest BCUT2D eigenvalue weighted by Crippen LogP contribution is 2.25. The van der Waals surface area contributed by atoms with E-state index in [2.05, 4.69) is 10.6 Å². The van der Waals surface area contributed by atoms with Gasteiger partial charge in [0.15, 0.2) is 0 Å². The summed E-state index contributed by atoms with van der Waals surface area (Å²) in [6, 6.07) is 12.1. The molecule has 0 saturated heterocycles. The Hall–Kier alpha value is -3.06. The molecule has 0 aliphatic rings. The van der Waals surface area contributed by atoms with Gasteiger partial charge in [0.1, 0.15) is 11.8 Å². The van der Waals surface area contributed by atoms with Crippen LogP contribution in [0.1, 0.15) is 15.9 Å². The van der Waals surface area contributed by atoms with Gasteiger partial charge in [0, 0.05) is 12.0 Å². The molecule has 1 atom stereocenters. The Morgan fingerprint density at radius 1 is 1.15 bits per heavy atom. The molecule has 142 valence electrons. The minimum atomic E-state index is -1.19. The van der Waals surface area contributed by atoms with Gasteiger partial charge in [-0.05, 0) is 29.8 Å². The van der Waals surface area contributed by atoms with E-state index in [1.807, 2.05) is 0 Å². The monoisotopic (exact) mass is 390 g/mol. The Labute approximate surface area is 161 Å². The summed E-state index contributed by atoms with van der Waals surface area (Å²) >= 11 is 6.03. The zero-order valence-corrected chi connectivity index (χ0v) is 15.3. The van der Waals surface area contributed by atoms with Crippen molar-refractivity contribution >= 4 is 29.4 Å². The molecule has 0 aliphatic heterocycles. The number of carbonyl (C=O) groups is 3. The Bertz CT molecular complexity index is 826. The highest BCUT2D eigenvalue weighted by Gasteiger charge is 2.21. The molecule has 7 nitrogen and oxygen atoms in total. The average molecular weight is 391 g/mol. The smallest absolute Gasteiger partial charge is 0.326 e. The first kappa shape index (κ1) is 20.3. The zero-order chi connectivity index (χ0) is 19.8. The van der Waals surface area contributed by atoms with Gasteiger partial charge in [-0.3, -0.25) is 9.59 Å². The molecule has 8 heteroatoms. The van der Waals surface area contributed by atoms with Crippen LogP contribution in [0.25, 0.3) is 0 Å². The largest absolute Gasteiger partial charge is 0.495 e. The number of hydrogen-bond donors (Lipinski definition) is 3. The maximum Gasteiger partial charge on any atom is 0.326 e. The van der Waals surface area contributed by atoms with E-state index in [-0.39, 0.29) is 13.0 Å². The van der Waals surface area contributed by atoms with Gasteiger partial charge in [0.05, 0.1) is 18.7 Å². The normalized spacial score (nSPS) is 11.3. The second-order valence-corrected chi connectivity index (χ2v) is 6.09. The number of methoxy groups -OCH3 is 1. The van der Waals surface area contributed by atoms with Crippen molar-refractivity contribution in [2.75, 3.05) is 13.7 Å². The van der Waals surface area contributed by atoms with Crippen LogP contribution in [-0.2, 0) is 16.0 Å². The quantitative estimate of drug-likeness (QED) is 0.638. The third-order valence-corrected chi connectivity index (χ3v) is 4.03. The van der Waals surface area contributed by atoms with E-state index in [0.717, 1.165) is 0 Å². The minimum absolute atomic E-state index is 0.0391. The van der Waals surface area contributed by atoms with Crippen molar-refractivity contribution in [3.8, 4) is 5.75 Å². The summed E-state index contributed by atoms with van der Waals surface area (Å²) in [7, 11) is 1.48. The van der Waals surface area contributed by atoms with Gasteiger partial charge in [-0.15, -0.1) is 0 Å². The Kier molecular flexibility index (Phi) is 7.19. The second kappa shape index (κ2) is 9.59. The average Bonchev–Trinajstić information content (AvgIpc) is 2.66. The van der Waals surface area contributed by atoms with E-state index in [1.165, 1.54) is 7.11 Å². The first-order chi connectivity index (χ1) is 12.9. The first-order valence-electron chi connectivity index (χ1n) is 8.08. The molecule has 0 bridgehead atoms. The van der Waals surface area contributed by atoms with Gasteiger partial charge >= 0.3 is 5.97 Å². The molecule has 0 spiro atoms. The lowest BCUT2D eigenvalue weighted by atomic mass is 10.1. The summed E-state index contributed by atoms with van der Waals surface area (Å²) in [5.74, 6) is -1.74. The maximum absolute atomic E-state index is 12.0. The van der Waals surface area contributed by atoms with Gasteiger partial charge in [0.2, 0.25) is 5.91 Å². The number of nitrogens with one attached hydrogen (secondary N) is 2. The molecule has 0 unspecified atom stereocenters. The Balaban J connectivity index is 1.93. The standard InChI is InChI=1S/C19H19ClN2O5/c1-27-16-8-7-12(9-14(16)20)10-15(19(25)26)22-17(23)11-21-18(24)13-5-3-2-4-6-13/h2-9,15H,10-11H2,1H3,(H,21,24)(H,22,23)(H,25,26)/t15-/m0/s1. The van der Waals surface area contributed by atoms with Gasteiger partial charge in [0.25, 0.3) is 5.91 Å². The summed E-state index contributed by atoms with van der Waals surface area (Å²) in [5.41, 5.74) is 1.04. The Morgan fingerprint density at radius 2 is 1.85 bits per heavy atom. The number of aliphatic carboxylic acids is 1. The number of rotatable bonds is 8. The summed E-state index contributed by atoms with van der Waals surface area (Å²) in [6.45, 7) is -0.332. The maximum atomic E-state index is 12.0. The molecule has 3 N–H and O–H groups in total. The first-order valence-corrected chi connectivity index (χ1v) is 8.46. The van der Waals surface area contributed by atoms with Crippen LogP contribution >= 0.6 is 11.6 Å². The van der Waals surface area contributed by atoms with Crippen molar-refractivity contribution in [3.63, 3.8) is 0 Å². The third-order valence-electron chi connectivity index (χ3n) is 3.73. The highest BCUT2D eigenvalue weighted by atomic mass is 35.5. The fourth-order valence-electron chi connectivity index (χ4n) is 2.37. The molecule has 2 rings (SSSR count). The minimum Gasteiger partial charge on any atom is -0.495 e. The van der Waals surface area contributed by atoms with Crippen LogP contribution in [0.2, 0.25) is 5.02 Å². The van der Waals surface area contributed by atoms with Crippen LogP contribution in [0.4, 0.5) is 0 Å². The molecule has 0 fully saturated rings. The summed E-state index contributed by atoms with van der Waals surface area (Å²) < 4.78 is 5.05. The molecule has 27 heavy (non-hydrogen) atoms. The lowest BCUT2D eigenvalue weighted by Crippen LogP contribution is -2.46. The van der Waals surface area contributed by atoms with E-state index < -0.39 is 23.8 Å². The molecule has 0 saturated carbocycles. The molecular weight excluding hydrogens is 372 g/mol. The van der Waals surface area contributed by atoms with Gasteiger partial charge in [-0.2, -0.15) is 0 Å². The molecular formula is C19H19ClN2O5. The van der Waals surface area contributed by atoms with Crippen LogP contribution in [0, 0.1) is 0 Å². The number of halogens is 1. The zero-order valence-electron chi connectivity index (χ0n) is 14.6. The van der Waals surface area contributed by atoms with Crippen molar-refractivity contribution < 1.29 is 24.2 Å². The SMILES string of the molecule is COc1ccc(C[C@H](NC(=O)CNC(=O)c2ccccc2)C(=O)O)cc1Cl. The predicted octanol–water partition coefficient (Wildman–Crippen LogP) is 1.89. The van der Waals surface area contributed by atoms with Crippen molar-refractivity contribution in [2.45, 2.75) is 12.5 Å². The summed E-state index contributed by atoms with van der Waals surface area (Å²) in [4.78, 5) is 35.4. The van der Waals surface area contributed by atoms with Gasteiger partial charge in [-0.25, -0.2) is 4.79 Å². The molecule has 0 heterocycles. The fourth-order valence-corrected chi connectivity index (χ4v) is 2.65. The van der Waals surface area contributed by atoms with Crippen LogP contribution in [0.5, 0.6) is 5.75 Å². The lowest BCUT2D eigenvalue weighted by molar-refractivity contribution is -0.141. The van der Waals surface area contributed by atoms with Crippen molar-refractivity contribution in [1.29, 1.82) is 0 Å². The summed E-state index contributed by atoms with van der Waals surface area (Å²) in [5, 5.41) is 14.5. The van der Waals surface area contributed by atoms with Crippen molar-refractivity contribution in [3.05, 3.63) is 64.7 Å². The van der Waals surface area contributed by atoms with Crippen molar-refractivity contribution in [2.24, 2.45) is 0 Å². The molecule has 0 aromatic heterocycles. The topological polar surface area (TPSA) is 105 Å². The molecule has 2 aromatic rings. The van der Waals surface area contributed by atoms with Gasteiger partial charge < -0.3 is 20.5 Å². The van der Waals surface area contributed by atoms with Gasteiger partial charge in [-0.1, -0.05) is 35.9 Å². The van der Waals surface area contributed by atoms with E-state index in [4.69, 9.17) is 16.3 Å². The molecule has 2 amide bonds. The number of carboxylic acid groups (broad SMARTS) is 1. The van der Waals surface area contributed by atoms with Crippen LogP contribution in [-0.4, -0.2) is 42.6 Å². The number of carbonyl (C=O) groups excluding carboxylic acids is 2. The Morgan fingerprint density at radius 3 is 2.44 bits per heavy atom. The number of carboxylic acids is 1. The molecule has 0 radical (unpaired) electrons. The summed E-state index contributed by atoms with van der Waals surface area (Å²) in [6.07, 6.45) is 0.0391. The number of benzene rings is 2. The third kappa shape index (κ3) is 6.00. The number of amides is 2. The predicted molar refractivity (Wildman–Crippen MR) is 100 cm³/mol. The van der Waals surface area contributed by atoms with E-state index in [1.54, 1.807) is 48.5 Å². The van der Waals surface area contributed by atoms with E-state index in [9.17, 15) is 19.5 Å².